The largest absolute Gasteiger partial charge is 0.493 e. The lowest BCUT2D eigenvalue weighted by Gasteiger charge is -2.25. The van der Waals surface area contributed by atoms with Crippen molar-refractivity contribution in [1.29, 1.82) is 0 Å². The van der Waals surface area contributed by atoms with Gasteiger partial charge in [-0.2, -0.15) is 0 Å². The van der Waals surface area contributed by atoms with Gasteiger partial charge in [0.05, 0.1) is 19.1 Å². The van der Waals surface area contributed by atoms with Gasteiger partial charge in [-0.3, -0.25) is 9.59 Å². The van der Waals surface area contributed by atoms with Gasteiger partial charge in [0, 0.05) is 32.6 Å². The van der Waals surface area contributed by atoms with E-state index in [0.29, 0.717) is 25.0 Å². The second-order valence-corrected chi connectivity index (χ2v) is 11.5. The zero-order chi connectivity index (χ0) is 28.0. The molecule has 0 saturated heterocycles. The molecule has 7 nitrogen and oxygen atoms in total. The number of rotatable bonds is 19. The van der Waals surface area contributed by atoms with E-state index in [1.807, 2.05) is 6.07 Å². The van der Waals surface area contributed by atoms with E-state index in [1.165, 1.54) is 5.56 Å². The van der Waals surface area contributed by atoms with Crippen LogP contribution in [0.5, 0.6) is 11.5 Å². The molecule has 0 aromatic heterocycles. The van der Waals surface area contributed by atoms with Gasteiger partial charge < -0.3 is 25.3 Å². The summed E-state index contributed by atoms with van der Waals surface area (Å²) in [5.41, 5.74) is 5.94. The summed E-state index contributed by atoms with van der Waals surface area (Å²) in [6, 6.07) is 6.22. The SMILES string of the molecule is COCCCOc1cc(CC(CCCC[C@H](C(=O)NCC(C)(C)C(N)=O)C(C)C)C(C)C)ccc1OC. The van der Waals surface area contributed by atoms with Crippen molar-refractivity contribution in [3.05, 3.63) is 23.8 Å². The standard InChI is InChI=1S/C30H52N2O5/c1-21(2)24(18-23-14-15-26(36-8)27(19-23)37-17-11-16-35-7)12-9-10-13-25(22(3)4)28(33)32-20-30(5,6)29(31)34/h14-15,19,21-22,24-25H,9-13,16-18,20H2,1-8H3,(H2,31,34)(H,32,33)/t24?,25-/m0/s1. The van der Waals surface area contributed by atoms with Gasteiger partial charge >= 0.3 is 0 Å². The summed E-state index contributed by atoms with van der Waals surface area (Å²) in [7, 11) is 3.36. The average molecular weight is 521 g/mol. The number of methoxy groups -OCH3 is 2. The molecule has 0 spiro atoms. The highest BCUT2D eigenvalue weighted by Crippen LogP contribution is 2.31. The molecule has 0 radical (unpaired) electrons. The number of unbranched alkanes of at least 4 members (excludes halogenated alkanes) is 1. The zero-order valence-corrected chi connectivity index (χ0v) is 24.5. The molecule has 7 heteroatoms. The van der Waals surface area contributed by atoms with Crippen LogP contribution in [0.2, 0.25) is 0 Å². The maximum Gasteiger partial charge on any atom is 0.224 e. The van der Waals surface area contributed by atoms with Crippen LogP contribution in [-0.2, 0) is 20.7 Å². The van der Waals surface area contributed by atoms with E-state index >= 15 is 0 Å². The Kier molecular flexibility index (Phi) is 14.6. The lowest BCUT2D eigenvalue weighted by Crippen LogP contribution is -2.44. The Bertz CT molecular complexity index is 822. The molecular formula is C30H52N2O5. The lowest BCUT2D eigenvalue weighted by atomic mass is 9.83. The summed E-state index contributed by atoms with van der Waals surface area (Å²) < 4.78 is 16.6. The molecule has 1 unspecified atom stereocenters. The van der Waals surface area contributed by atoms with Gasteiger partial charge in [0.2, 0.25) is 11.8 Å². The third kappa shape index (κ3) is 11.8. The van der Waals surface area contributed by atoms with Crippen molar-refractivity contribution < 1.29 is 23.8 Å². The first-order valence-corrected chi connectivity index (χ1v) is 13.8. The number of ether oxygens (including phenoxy) is 3. The summed E-state index contributed by atoms with van der Waals surface area (Å²) in [6.07, 6.45) is 5.82. The van der Waals surface area contributed by atoms with Crippen LogP contribution in [0.15, 0.2) is 18.2 Å². The first-order valence-electron chi connectivity index (χ1n) is 13.8. The molecule has 1 aromatic carbocycles. The van der Waals surface area contributed by atoms with Crippen LogP contribution >= 0.6 is 0 Å². The summed E-state index contributed by atoms with van der Waals surface area (Å²) in [4.78, 5) is 24.4. The monoisotopic (exact) mass is 520 g/mol. The van der Waals surface area contributed by atoms with Crippen molar-refractivity contribution in [2.45, 2.75) is 80.1 Å². The van der Waals surface area contributed by atoms with Gasteiger partial charge in [0.15, 0.2) is 11.5 Å². The fourth-order valence-corrected chi connectivity index (χ4v) is 4.38. The minimum absolute atomic E-state index is 0.0148. The molecule has 0 heterocycles. The Morgan fingerprint density at radius 2 is 1.62 bits per heavy atom. The molecule has 212 valence electrons. The average Bonchev–Trinajstić information content (AvgIpc) is 2.84. The summed E-state index contributed by atoms with van der Waals surface area (Å²) >= 11 is 0. The van der Waals surface area contributed by atoms with Crippen LogP contribution in [0.25, 0.3) is 0 Å². The maximum absolute atomic E-state index is 12.8. The van der Waals surface area contributed by atoms with Crippen LogP contribution in [0, 0.1) is 29.1 Å². The molecule has 3 N–H and O–H groups in total. The van der Waals surface area contributed by atoms with Crippen LogP contribution in [-0.4, -0.2) is 45.8 Å². The number of nitrogens with two attached hydrogens (primary N) is 1. The number of nitrogens with one attached hydrogen (secondary N) is 1. The van der Waals surface area contributed by atoms with E-state index in [4.69, 9.17) is 19.9 Å². The van der Waals surface area contributed by atoms with E-state index in [9.17, 15) is 9.59 Å². The van der Waals surface area contributed by atoms with E-state index < -0.39 is 11.3 Å². The minimum atomic E-state index is -0.752. The highest BCUT2D eigenvalue weighted by atomic mass is 16.5. The molecule has 0 bridgehead atoms. The Labute approximate surface area is 225 Å². The molecule has 0 saturated carbocycles. The number of amides is 2. The number of hydrogen-bond donors (Lipinski definition) is 2. The lowest BCUT2D eigenvalue weighted by molar-refractivity contribution is -0.129. The summed E-state index contributed by atoms with van der Waals surface area (Å²) in [5, 5.41) is 2.95. The van der Waals surface area contributed by atoms with E-state index in [1.54, 1.807) is 28.1 Å². The second kappa shape index (κ2) is 16.5. The first-order chi connectivity index (χ1) is 17.4. The molecule has 2 amide bonds. The molecule has 37 heavy (non-hydrogen) atoms. The third-order valence-corrected chi connectivity index (χ3v) is 7.27. The molecule has 1 aromatic rings. The maximum atomic E-state index is 12.8. The molecule has 1 rings (SSSR count). The Balaban J connectivity index is 2.67. The van der Waals surface area contributed by atoms with E-state index in [-0.39, 0.29) is 24.3 Å². The van der Waals surface area contributed by atoms with Gasteiger partial charge in [-0.1, -0.05) is 46.6 Å². The number of benzene rings is 1. The summed E-state index contributed by atoms with van der Waals surface area (Å²) in [6.45, 7) is 13.8. The van der Waals surface area contributed by atoms with Crippen LogP contribution in [0.3, 0.4) is 0 Å². The molecule has 0 aliphatic rings. The van der Waals surface area contributed by atoms with Crippen LogP contribution in [0.4, 0.5) is 0 Å². The van der Waals surface area contributed by atoms with E-state index in [2.05, 4.69) is 45.1 Å². The van der Waals surface area contributed by atoms with Crippen molar-refractivity contribution in [2.75, 3.05) is 34.0 Å². The minimum Gasteiger partial charge on any atom is -0.493 e. The van der Waals surface area contributed by atoms with Gasteiger partial charge in [0.1, 0.15) is 0 Å². The zero-order valence-electron chi connectivity index (χ0n) is 24.5. The third-order valence-electron chi connectivity index (χ3n) is 7.27. The molecule has 0 fully saturated rings. The quantitative estimate of drug-likeness (QED) is 0.238. The van der Waals surface area contributed by atoms with Gasteiger partial charge in [-0.05, 0) is 68.6 Å². The number of primary amides is 1. The first kappa shape index (κ1) is 32.7. The van der Waals surface area contributed by atoms with Gasteiger partial charge in [-0.15, -0.1) is 0 Å². The van der Waals surface area contributed by atoms with E-state index in [0.717, 1.165) is 50.0 Å². The van der Waals surface area contributed by atoms with Crippen molar-refractivity contribution in [3.63, 3.8) is 0 Å². The van der Waals surface area contributed by atoms with Gasteiger partial charge in [0.25, 0.3) is 0 Å². The van der Waals surface area contributed by atoms with Crippen LogP contribution < -0.4 is 20.5 Å². The van der Waals surface area contributed by atoms with Gasteiger partial charge in [-0.25, -0.2) is 0 Å². The highest BCUT2D eigenvalue weighted by Gasteiger charge is 2.28. The predicted octanol–water partition coefficient (Wildman–Crippen LogP) is 5.39. The Morgan fingerprint density at radius 3 is 2.19 bits per heavy atom. The van der Waals surface area contributed by atoms with Crippen molar-refractivity contribution in [3.8, 4) is 11.5 Å². The Morgan fingerprint density at radius 1 is 0.946 bits per heavy atom. The topological polar surface area (TPSA) is 99.9 Å². The highest BCUT2D eigenvalue weighted by molar-refractivity contribution is 5.82. The normalized spacial score (nSPS) is 13.5. The van der Waals surface area contributed by atoms with Crippen molar-refractivity contribution >= 4 is 11.8 Å². The fourth-order valence-electron chi connectivity index (χ4n) is 4.38. The van der Waals surface area contributed by atoms with Crippen molar-refractivity contribution in [1.82, 2.24) is 5.32 Å². The summed E-state index contributed by atoms with van der Waals surface area (Å²) in [5.74, 6) is 2.39. The smallest absolute Gasteiger partial charge is 0.224 e. The molecule has 2 atom stereocenters. The molecule has 0 aliphatic carbocycles. The number of carbonyl (C=O) groups is 2. The molecular weight excluding hydrogens is 468 g/mol. The van der Waals surface area contributed by atoms with Crippen LogP contribution in [0.1, 0.15) is 79.2 Å². The predicted molar refractivity (Wildman–Crippen MR) is 150 cm³/mol. The Hall–Kier alpha value is -2.28. The van der Waals surface area contributed by atoms with Crippen molar-refractivity contribution in [2.24, 2.45) is 34.8 Å². The molecule has 0 aliphatic heterocycles. The number of hydrogen-bond acceptors (Lipinski definition) is 5. The fraction of sp³-hybridized carbons (Fsp3) is 0.733. The number of carbonyl (C=O) groups excluding carboxylic acids is 2. The second-order valence-electron chi connectivity index (χ2n) is 11.5.